The maximum absolute atomic E-state index is 6.22. The van der Waals surface area contributed by atoms with Crippen LogP contribution in [0.15, 0.2) is 106 Å². The number of fused-ring (bicyclic) bond motifs is 2. The van der Waals surface area contributed by atoms with Gasteiger partial charge in [0, 0.05) is 26.5 Å². The summed E-state index contributed by atoms with van der Waals surface area (Å²) in [5, 5.41) is 15.5. The van der Waals surface area contributed by atoms with E-state index in [-0.39, 0.29) is 0 Å². The number of aromatic nitrogens is 5. The lowest BCUT2D eigenvalue weighted by Gasteiger charge is -2.06. The summed E-state index contributed by atoms with van der Waals surface area (Å²) < 4.78 is 9.03. The number of furan rings is 1. The maximum atomic E-state index is 6.22. The van der Waals surface area contributed by atoms with Gasteiger partial charge in [-0.1, -0.05) is 87.9 Å². The van der Waals surface area contributed by atoms with Crippen LogP contribution in [-0.2, 0) is 0 Å². The molecule has 0 saturated heterocycles. The molecule has 0 atom stereocenters. The van der Waals surface area contributed by atoms with Gasteiger partial charge in [0.25, 0.3) is 0 Å². The Kier molecular flexibility index (Phi) is 5.00. The summed E-state index contributed by atoms with van der Waals surface area (Å²) >= 11 is 4.99. The van der Waals surface area contributed by atoms with Gasteiger partial charge in [0.2, 0.25) is 4.96 Å². The standard InChI is InChI=1S/C28H16BrN5OS/c29-19-12-10-18(11-13-19)26-31-32-28-34(26)33-27(36-28)21-16-23(30-22-9-5-4-8-20(21)22)25-15-14-24(35-25)17-6-2-1-3-7-17/h1-16H. The van der Waals surface area contributed by atoms with Crippen LogP contribution in [-0.4, -0.2) is 24.8 Å². The van der Waals surface area contributed by atoms with E-state index in [0.717, 1.165) is 53.5 Å². The Morgan fingerprint density at radius 3 is 2.39 bits per heavy atom. The highest BCUT2D eigenvalue weighted by atomic mass is 79.9. The normalized spacial score (nSPS) is 11.5. The van der Waals surface area contributed by atoms with Gasteiger partial charge in [0.1, 0.15) is 16.5 Å². The molecule has 7 rings (SSSR count). The zero-order valence-corrected chi connectivity index (χ0v) is 21.1. The van der Waals surface area contributed by atoms with Gasteiger partial charge in [0.15, 0.2) is 11.6 Å². The molecule has 0 fully saturated rings. The van der Waals surface area contributed by atoms with Crippen molar-refractivity contribution in [2.24, 2.45) is 0 Å². The van der Waals surface area contributed by atoms with Crippen LogP contribution >= 0.6 is 27.3 Å². The molecular formula is C28H16BrN5OS. The first-order valence-corrected chi connectivity index (χ1v) is 12.9. The van der Waals surface area contributed by atoms with Gasteiger partial charge in [-0.05, 0) is 36.4 Å². The largest absolute Gasteiger partial charge is 0.454 e. The molecule has 0 aliphatic rings. The van der Waals surface area contributed by atoms with Crippen LogP contribution < -0.4 is 0 Å². The van der Waals surface area contributed by atoms with Crippen molar-refractivity contribution >= 4 is 43.1 Å². The topological polar surface area (TPSA) is 69.1 Å². The average molecular weight is 550 g/mol. The molecule has 0 unspecified atom stereocenters. The molecule has 8 heteroatoms. The summed E-state index contributed by atoms with van der Waals surface area (Å²) in [5.74, 6) is 2.22. The van der Waals surface area contributed by atoms with Gasteiger partial charge in [-0.15, -0.1) is 10.2 Å². The Labute approximate surface area is 218 Å². The highest BCUT2D eigenvalue weighted by Gasteiger charge is 2.18. The third-order valence-corrected chi connectivity index (χ3v) is 7.42. The van der Waals surface area contributed by atoms with Gasteiger partial charge in [-0.25, -0.2) is 4.98 Å². The Hall–Kier alpha value is -4.14. The second kappa shape index (κ2) is 8.51. The molecule has 7 aromatic rings. The van der Waals surface area contributed by atoms with E-state index < -0.39 is 0 Å². The molecule has 0 aliphatic heterocycles. The molecule has 0 bridgehead atoms. The summed E-state index contributed by atoms with van der Waals surface area (Å²) in [6.07, 6.45) is 0. The number of benzene rings is 3. The van der Waals surface area contributed by atoms with Crippen molar-refractivity contribution in [1.29, 1.82) is 0 Å². The van der Waals surface area contributed by atoms with Gasteiger partial charge in [0.05, 0.1) is 5.52 Å². The highest BCUT2D eigenvalue weighted by Crippen LogP contribution is 2.36. The van der Waals surface area contributed by atoms with Gasteiger partial charge < -0.3 is 4.42 Å². The first kappa shape index (κ1) is 21.2. The molecule has 0 N–H and O–H groups in total. The first-order valence-electron chi connectivity index (χ1n) is 11.3. The molecule has 0 amide bonds. The van der Waals surface area contributed by atoms with E-state index in [9.17, 15) is 0 Å². The zero-order chi connectivity index (χ0) is 24.1. The molecule has 0 aliphatic carbocycles. The lowest BCUT2D eigenvalue weighted by molar-refractivity contribution is 0.595. The van der Waals surface area contributed by atoms with Gasteiger partial charge in [-0.3, -0.25) is 0 Å². The van der Waals surface area contributed by atoms with Gasteiger partial charge in [-0.2, -0.15) is 9.61 Å². The fourth-order valence-corrected chi connectivity index (χ4v) is 5.35. The van der Waals surface area contributed by atoms with Crippen LogP contribution in [0.4, 0.5) is 0 Å². The first-order chi connectivity index (χ1) is 17.7. The molecule has 0 radical (unpaired) electrons. The number of para-hydroxylation sites is 1. The predicted octanol–water partition coefficient (Wildman–Crippen LogP) is 7.76. The smallest absolute Gasteiger partial charge is 0.235 e. The van der Waals surface area contributed by atoms with Crippen LogP contribution in [0.1, 0.15) is 0 Å². The number of pyridine rings is 1. The van der Waals surface area contributed by atoms with E-state index in [1.165, 1.54) is 11.3 Å². The Bertz CT molecular complexity index is 1850. The number of hydrogen-bond donors (Lipinski definition) is 0. The lowest BCUT2D eigenvalue weighted by atomic mass is 10.1. The quantitative estimate of drug-likeness (QED) is 0.224. The minimum atomic E-state index is 0.706. The van der Waals surface area contributed by atoms with Crippen LogP contribution in [0.2, 0.25) is 0 Å². The van der Waals surface area contributed by atoms with Crippen LogP contribution in [0.5, 0.6) is 0 Å². The van der Waals surface area contributed by atoms with Crippen molar-refractivity contribution < 1.29 is 4.42 Å². The average Bonchev–Trinajstić information content (AvgIpc) is 3.66. The third kappa shape index (κ3) is 3.62. The summed E-state index contributed by atoms with van der Waals surface area (Å²) in [4.78, 5) is 5.63. The fraction of sp³-hybridized carbons (Fsp3) is 0. The second-order valence-corrected chi connectivity index (χ2v) is 10.1. The molecule has 0 saturated carbocycles. The number of hydrogen-bond acceptors (Lipinski definition) is 6. The maximum Gasteiger partial charge on any atom is 0.235 e. The molecule has 4 heterocycles. The van der Waals surface area contributed by atoms with Crippen molar-refractivity contribution in [2.75, 3.05) is 0 Å². The molecule has 3 aromatic carbocycles. The third-order valence-electron chi connectivity index (χ3n) is 5.96. The molecule has 4 aromatic heterocycles. The van der Waals surface area contributed by atoms with Crippen molar-refractivity contribution in [3.63, 3.8) is 0 Å². The van der Waals surface area contributed by atoms with Crippen molar-refractivity contribution in [2.45, 2.75) is 0 Å². The fourth-order valence-electron chi connectivity index (χ4n) is 4.22. The summed E-state index contributed by atoms with van der Waals surface area (Å²) in [6, 6.07) is 32.1. The number of halogens is 1. The molecule has 172 valence electrons. The van der Waals surface area contributed by atoms with Gasteiger partial charge >= 0.3 is 0 Å². The van der Waals surface area contributed by atoms with Crippen molar-refractivity contribution in [3.8, 4) is 44.7 Å². The molecular weight excluding hydrogens is 534 g/mol. The summed E-state index contributed by atoms with van der Waals surface area (Å²) in [7, 11) is 0. The number of rotatable bonds is 4. The summed E-state index contributed by atoms with van der Waals surface area (Å²) in [6.45, 7) is 0. The van der Waals surface area contributed by atoms with Crippen LogP contribution in [0, 0.1) is 0 Å². The Balaban J connectivity index is 1.37. The van der Waals surface area contributed by atoms with E-state index in [1.54, 1.807) is 4.52 Å². The number of nitrogens with zero attached hydrogens (tertiary/aromatic N) is 5. The molecule has 6 nitrogen and oxygen atoms in total. The Morgan fingerprint density at radius 1 is 0.750 bits per heavy atom. The van der Waals surface area contributed by atoms with E-state index in [0.29, 0.717) is 11.6 Å². The van der Waals surface area contributed by atoms with Crippen LogP contribution in [0.25, 0.3) is 60.6 Å². The van der Waals surface area contributed by atoms with Crippen LogP contribution in [0.3, 0.4) is 0 Å². The minimum absolute atomic E-state index is 0.706. The monoisotopic (exact) mass is 549 g/mol. The molecule has 36 heavy (non-hydrogen) atoms. The van der Waals surface area contributed by atoms with E-state index in [2.05, 4.69) is 32.2 Å². The van der Waals surface area contributed by atoms with Crippen molar-refractivity contribution in [1.82, 2.24) is 24.8 Å². The minimum Gasteiger partial charge on any atom is -0.454 e. The molecule has 0 spiro atoms. The predicted molar refractivity (Wildman–Crippen MR) is 146 cm³/mol. The second-order valence-electron chi connectivity index (χ2n) is 8.23. The Morgan fingerprint density at radius 2 is 1.53 bits per heavy atom. The van der Waals surface area contributed by atoms with E-state index in [4.69, 9.17) is 14.5 Å². The van der Waals surface area contributed by atoms with E-state index in [1.807, 2.05) is 91.0 Å². The SMILES string of the molecule is Brc1ccc(-c2nnc3sc(-c4cc(-c5ccc(-c6ccccc6)o5)nc5ccccc45)nn23)cc1. The highest BCUT2D eigenvalue weighted by molar-refractivity contribution is 9.10. The van der Waals surface area contributed by atoms with Crippen molar-refractivity contribution in [3.05, 3.63) is 102 Å². The lowest BCUT2D eigenvalue weighted by Crippen LogP contribution is -1.92. The zero-order valence-electron chi connectivity index (χ0n) is 18.7. The van der Waals surface area contributed by atoms with E-state index >= 15 is 0 Å². The summed E-state index contributed by atoms with van der Waals surface area (Å²) in [5.41, 5.74) is 4.59.